The Morgan fingerprint density at radius 1 is 0.893 bits per heavy atom. The van der Waals surface area contributed by atoms with Gasteiger partial charge in [-0.3, -0.25) is 0 Å². The van der Waals surface area contributed by atoms with Gasteiger partial charge in [0.15, 0.2) is 0 Å². The maximum atomic E-state index is 10.2. The number of hydrogen-bond donors (Lipinski definition) is 2. The van der Waals surface area contributed by atoms with Crippen molar-refractivity contribution < 1.29 is 10.2 Å². The molecule has 144 valence electrons. The number of fused-ring (bicyclic) bond motifs is 1. The zero-order chi connectivity index (χ0) is 19.7. The van der Waals surface area contributed by atoms with E-state index in [0.29, 0.717) is 29.3 Å². The van der Waals surface area contributed by atoms with Crippen LogP contribution in [0.5, 0.6) is 11.5 Å². The second-order valence-corrected chi connectivity index (χ2v) is 8.09. The van der Waals surface area contributed by atoms with Gasteiger partial charge in [-0.05, 0) is 89.6 Å². The lowest BCUT2D eigenvalue weighted by Crippen LogP contribution is -2.29. The lowest BCUT2D eigenvalue weighted by molar-refractivity contribution is 0.310. The first-order valence-electron chi connectivity index (χ1n) is 10.2. The smallest absolute Gasteiger partial charge is 0.115 e. The van der Waals surface area contributed by atoms with Gasteiger partial charge in [-0.2, -0.15) is 0 Å². The molecule has 0 spiro atoms. The molecule has 2 nitrogen and oxygen atoms in total. The first-order valence-corrected chi connectivity index (χ1v) is 10.2. The second-order valence-electron chi connectivity index (χ2n) is 8.09. The Balaban J connectivity index is 1.79. The third-order valence-electron chi connectivity index (χ3n) is 6.50. The highest BCUT2D eigenvalue weighted by atomic mass is 16.3. The molecule has 3 atom stereocenters. The molecule has 0 aromatic heterocycles. The molecule has 0 bridgehead atoms. The van der Waals surface area contributed by atoms with Crippen molar-refractivity contribution in [2.45, 2.75) is 44.9 Å². The minimum atomic E-state index is 0.314. The van der Waals surface area contributed by atoms with Crippen molar-refractivity contribution in [3.63, 3.8) is 0 Å². The van der Waals surface area contributed by atoms with Crippen molar-refractivity contribution in [2.24, 2.45) is 5.92 Å². The lowest BCUT2D eigenvalue weighted by atomic mass is 9.64. The molecule has 0 saturated carbocycles. The zero-order valence-electron chi connectivity index (χ0n) is 16.6. The van der Waals surface area contributed by atoms with Crippen LogP contribution in [0.4, 0.5) is 0 Å². The highest BCUT2D eigenvalue weighted by Crippen LogP contribution is 2.48. The van der Waals surface area contributed by atoms with E-state index in [4.69, 9.17) is 0 Å². The highest BCUT2D eigenvalue weighted by molar-refractivity contribution is 5.44. The van der Waals surface area contributed by atoms with Gasteiger partial charge in [0.1, 0.15) is 11.5 Å². The number of aryl methyl sites for hydroxylation is 1. The average molecular weight is 373 g/mol. The Hall–Kier alpha value is -2.74. The molecule has 2 heteroatoms. The van der Waals surface area contributed by atoms with Gasteiger partial charge in [0, 0.05) is 0 Å². The Morgan fingerprint density at radius 3 is 2.32 bits per heavy atom. The van der Waals surface area contributed by atoms with Crippen LogP contribution in [0, 0.1) is 12.8 Å². The summed E-state index contributed by atoms with van der Waals surface area (Å²) in [5, 5.41) is 19.9. The Kier molecular flexibility index (Phi) is 5.13. The van der Waals surface area contributed by atoms with Crippen molar-refractivity contribution in [1.82, 2.24) is 0 Å². The summed E-state index contributed by atoms with van der Waals surface area (Å²) in [6.07, 6.45) is 3.04. The summed E-state index contributed by atoms with van der Waals surface area (Å²) in [7, 11) is 0. The van der Waals surface area contributed by atoms with Gasteiger partial charge in [0.05, 0.1) is 0 Å². The first-order chi connectivity index (χ1) is 13.6. The van der Waals surface area contributed by atoms with Gasteiger partial charge in [-0.15, -0.1) is 0 Å². The molecule has 1 aliphatic carbocycles. The maximum Gasteiger partial charge on any atom is 0.115 e. The SMILES string of the molecule is CCC1C(c2ccc(O)cc2)Cc2ccc(O)cc2C1Cc1ccccc1C. The van der Waals surface area contributed by atoms with E-state index in [1.807, 2.05) is 12.1 Å². The van der Waals surface area contributed by atoms with Crippen molar-refractivity contribution in [3.05, 3.63) is 94.5 Å². The average Bonchev–Trinajstić information content (AvgIpc) is 2.70. The van der Waals surface area contributed by atoms with Crippen LogP contribution in [0.1, 0.15) is 53.0 Å². The fraction of sp³-hybridized carbons (Fsp3) is 0.308. The normalized spacial score (nSPS) is 21.3. The third-order valence-corrected chi connectivity index (χ3v) is 6.50. The molecule has 2 N–H and O–H groups in total. The van der Waals surface area contributed by atoms with Crippen LogP contribution in [0.2, 0.25) is 0 Å². The quantitative estimate of drug-likeness (QED) is 0.581. The van der Waals surface area contributed by atoms with Crippen molar-refractivity contribution in [3.8, 4) is 11.5 Å². The molecule has 0 radical (unpaired) electrons. The van der Waals surface area contributed by atoms with Crippen molar-refractivity contribution in [2.75, 3.05) is 0 Å². The van der Waals surface area contributed by atoms with Gasteiger partial charge in [0.25, 0.3) is 0 Å². The predicted octanol–water partition coefficient (Wildman–Crippen LogP) is 6.10. The molecule has 0 amide bonds. The van der Waals surface area contributed by atoms with E-state index in [9.17, 15) is 10.2 Å². The van der Waals surface area contributed by atoms with E-state index in [1.54, 1.807) is 12.1 Å². The molecule has 4 rings (SSSR count). The Bertz CT molecular complexity index is 958. The molecular formula is C26H28O2. The molecular weight excluding hydrogens is 344 g/mol. The topological polar surface area (TPSA) is 40.5 Å². The Labute approximate surface area is 167 Å². The van der Waals surface area contributed by atoms with E-state index in [0.717, 1.165) is 19.3 Å². The molecule has 3 aromatic carbocycles. The number of benzene rings is 3. The molecule has 3 aromatic rings. The third kappa shape index (κ3) is 3.52. The molecule has 0 saturated heterocycles. The fourth-order valence-electron chi connectivity index (χ4n) is 5.01. The number of phenols is 2. The van der Waals surface area contributed by atoms with Crippen LogP contribution in [0.25, 0.3) is 0 Å². The van der Waals surface area contributed by atoms with E-state index in [-0.39, 0.29) is 0 Å². The minimum Gasteiger partial charge on any atom is -0.508 e. The van der Waals surface area contributed by atoms with Crippen molar-refractivity contribution >= 4 is 0 Å². The summed E-state index contributed by atoms with van der Waals surface area (Å²) < 4.78 is 0. The highest BCUT2D eigenvalue weighted by Gasteiger charge is 2.36. The summed E-state index contributed by atoms with van der Waals surface area (Å²) in [6, 6.07) is 22.2. The summed E-state index contributed by atoms with van der Waals surface area (Å²) in [5.74, 6) is 1.93. The van der Waals surface area contributed by atoms with Crippen LogP contribution >= 0.6 is 0 Å². The van der Waals surface area contributed by atoms with Crippen molar-refractivity contribution in [1.29, 1.82) is 0 Å². The van der Waals surface area contributed by atoms with Gasteiger partial charge >= 0.3 is 0 Å². The Morgan fingerprint density at radius 2 is 1.61 bits per heavy atom. The van der Waals surface area contributed by atoms with E-state index >= 15 is 0 Å². The summed E-state index contributed by atoms with van der Waals surface area (Å²) in [6.45, 7) is 4.46. The van der Waals surface area contributed by atoms with Gasteiger partial charge in [0.2, 0.25) is 0 Å². The number of phenolic OH excluding ortho intramolecular Hbond substituents is 2. The number of hydrogen-bond acceptors (Lipinski definition) is 2. The molecule has 3 unspecified atom stereocenters. The van der Waals surface area contributed by atoms with Gasteiger partial charge in [-0.25, -0.2) is 0 Å². The second kappa shape index (κ2) is 7.71. The molecule has 28 heavy (non-hydrogen) atoms. The summed E-state index contributed by atoms with van der Waals surface area (Å²) in [5.41, 5.74) is 6.62. The van der Waals surface area contributed by atoms with E-state index in [1.165, 1.54) is 27.8 Å². The van der Waals surface area contributed by atoms with Crippen LogP contribution in [-0.4, -0.2) is 10.2 Å². The first kappa shape index (κ1) is 18.6. The number of rotatable bonds is 4. The molecule has 0 fully saturated rings. The standard InChI is InChI=1S/C26H28O2/c1-3-23-24(18-8-11-21(27)12-9-18)15-20-10-13-22(28)16-25(20)26(23)14-19-7-5-4-6-17(19)2/h4-13,16,23-24,26-28H,3,14-15H2,1-2H3. The monoisotopic (exact) mass is 372 g/mol. The van der Waals surface area contributed by atoms with Gasteiger partial charge in [-0.1, -0.05) is 55.8 Å². The fourth-order valence-corrected chi connectivity index (χ4v) is 5.01. The molecule has 0 heterocycles. The largest absolute Gasteiger partial charge is 0.508 e. The summed E-state index contributed by atoms with van der Waals surface area (Å²) in [4.78, 5) is 0. The maximum absolute atomic E-state index is 10.2. The van der Waals surface area contributed by atoms with Crippen LogP contribution in [0.3, 0.4) is 0 Å². The van der Waals surface area contributed by atoms with E-state index in [2.05, 4.69) is 56.3 Å². The predicted molar refractivity (Wildman–Crippen MR) is 114 cm³/mol. The van der Waals surface area contributed by atoms with E-state index < -0.39 is 0 Å². The van der Waals surface area contributed by atoms with Gasteiger partial charge < -0.3 is 10.2 Å². The zero-order valence-corrected chi connectivity index (χ0v) is 16.6. The molecule has 0 aliphatic heterocycles. The van der Waals surface area contributed by atoms with Crippen LogP contribution in [-0.2, 0) is 12.8 Å². The summed E-state index contributed by atoms with van der Waals surface area (Å²) >= 11 is 0. The van der Waals surface area contributed by atoms with Crippen LogP contribution < -0.4 is 0 Å². The van der Waals surface area contributed by atoms with Crippen LogP contribution in [0.15, 0.2) is 66.7 Å². The lowest BCUT2D eigenvalue weighted by Gasteiger charge is -2.40. The number of aromatic hydroxyl groups is 2. The molecule has 1 aliphatic rings. The minimum absolute atomic E-state index is 0.314.